The van der Waals surface area contributed by atoms with Crippen molar-refractivity contribution in [2.24, 2.45) is 0 Å². The van der Waals surface area contributed by atoms with E-state index in [1.165, 1.54) is 29.2 Å². The summed E-state index contributed by atoms with van der Waals surface area (Å²) in [6, 6.07) is 4.00. The summed E-state index contributed by atoms with van der Waals surface area (Å²) in [5.74, 6) is 0.937. The SMILES string of the molecule is O=C(C[C@@H]1COCCN1Cc1csc(C2CC2)n1)c1cccs1. The van der Waals surface area contributed by atoms with Crippen LogP contribution < -0.4 is 0 Å². The number of ketones is 1. The molecular formula is C17H20N2O2S2. The number of hydrogen-bond acceptors (Lipinski definition) is 6. The van der Waals surface area contributed by atoms with Crippen molar-refractivity contribution in [2.45, 2.75) is 37.8 Å². The van der Waals surface area contributed by atoms with Crippen molar-refractivity contribution in [3.05, 3.63) is 38.5 Å². The molecule has 2 fully saturated rings. The molecule has 0 radical (unpaired) electrons. The van der Waals surface area contributed by atoms with Crippen molar-refractivity contribution >= 4 is 28.5 Å². The Morgan fingerprint density at radius 1 is 1.39 bits per heavy atom. The van der Waals surface area contributed by atoms with Gasteiger partial charge in [-0.25, -0.2) is 4.98 Å². The first-order chi connectivity index (χ1) is 11.3. The summed E-state index contributed by atoms with van der Waals surface area (Å²) in [5, 5.41) is 5.43. The van der Waals surface area contributed by atoms with E-state index in [0.29, 0.717) is 13.0 Å². The summed E-state index contributed by atoms with van der Waals surface area (Å²) in [4.78, 5) is 20.4. The van der Waals surface area contributed by atoms with Crippen LogP contribution in [0.4, 0.5) is 0 Å². The summed E-state index contributed by atoms with van der Waals surface area (Å²) in [6.45, 7) is 3.08. The van der Waals surface area contributed by atoms with E-state index in [0.717, 1.165) is 36.2 Å². The number of carbonyl (C=O) groups is 1. The van der Waals surface area contributed by atoms with Gasteiger partial charge in [0.25, 0.3) is 0 Å². The fourth-order valence-electron chi connectivity index (χ4n) is 2.96. The molecule has 0 unspecified atom stereocenters. The summed E-state index contributed by atoms with van der Waals surface area (Å²) in [5.41, 5.74) is 1.15. The van der Waals surface area contributed by atoms with E-state index in [9.17, 15) is 4.79 Å². The van der Waals surface area contributed by atoms with Gasteiger partial charge in [-0.15, -0.1) is 22.7 Å². The van der Waals surface area contributed by atoms with Crippen molar-refractivity contribution in [1.29, 1.82) is 0 Å². The van der Waals surface area contributed by atoms with E-state index >= 15 is 0 Å². The van der Waals surface area contributed by atoms with Crippen molar-refractivity contribution in [2.75, 3.05) is 19.8 Å². The summed E-state index contributed by atoms with van der Waals surface area (Å²) >= 11 is 3.31. The van der Waals surface area contributed by atoms with E-state index in [2.05, 4.69) is 10.3 Å². The van der Waals surface area contributed by atoms with Gasteiger partial charge in [0.15, 0.2) is 5.78 Å². The van der Waals surface area contributed by atoms with Crippen LogP contribution in [0, 0.1) is 0 Å². The fourth-order valence-corrected chi connectivity index (χ4v) is 4.62. The lowest BCUT2D eigenvalue weighted by molar-refractivity contribution is -0.0130. The van der Waals surface area contributed by atoms with Crippen molar-refractivity contribution in [1.82, 2.24) is 9.88 Å². The Bertz CT molecular complexity index is 664. The van der Waals surface area contributed by atoms with Crippen LogP contribution in [0.3, 0.4) is 0 Å². The summed E-state index contributed by atoms with van der Waals surface area (Å²) in [7, 11) is 0. The van der Waals surface area contributed by atoms with Crippen LogP contribution in [0.1, 0.15) is 45.6 Å². The Labute approximate surface area is 144 Å². The number of hydrogen-bond donors (Lipinski definition) is 0. The molecule has 23 heavy (non-hydrogen) atoms. The first-order valence-corrected chi connectivity index (χ1v) is 9.88. The number of rotatable bonds is 6. The highest BCUT2D eigenvalue weighted by molar-refractivity contribution is 7.12. The van der Waals surface area contributed by atoms with Gasteiger partial charge in [-0.05, 0) is 24.3 Å². The molecule has 0 bridgehead atoms. The molecule has 6 heteroatoms. The molecule has 0 amide bonds. The molecule has 1 aliphatic heterocycles. The number of aromatic nitrogens is 1. The number of morpholine rings is 1. The second kappa shape index (κ2) is 6.81. The minimum Gasteiger partial charge on any atom is -0.378 e. The maximum absolute atomic E-state index is 12.4. The van der Waals surface area contributed by atoms with Crippen molar-refractivity contribution < 1.29 is 9.53 Å². The van der Waals surface area contributed by atoms with Crippen LogP contribution in [0.2, 0.25) is 0 Å². The number of thiophene rings is 1. The lowest BCUT2D eigenvalue weighted by atomic mass is 10.1. The number of ether oxygens (including phenoxy) is 1. The highest BCUT2D eigenvalue weighted by Gasteiger charge is 2.29. The van der Waals surface area contributed by atoms with Crippen LogP contribution in [-0.2, 0) is 11.3 Å². The Balaban J connectivity index is 1.41. The van der Waals surface area contributed by atoms with Crippen LogP contribution >= 0.6 is 22.7 Å². The molecule has 1 atom stereocenters. The molecule has 0 N–H and O–H groups in total. The van der Waals surface area contributed by atoms with E-state index in [1.807, 2.05) is 17.5 Å². The van der Waals surface area contributed by atoms with Gasteiger partial charge in [0.1, 0.15) is 0 Å². The molecule has 1 saturated carbocycles. The maximum Gasteiger partial charge on any atom is 0.174 e. The zero-order valence-electron chi connectivity index (χ0n) is 12.9. The molecule has 4 nitrogen and oxygen atoms in total. The van der Waals surface area contributed by atoms with Gasteiger partial charge in [-0.2, -0.15) is 0 Å². The van der Waals surface area contributed by atoms with Gasteiger partial charge in [0, 0.05) is 36.9 Å². The molecule has 2 aromatic heterocycles. The second-order valence-corrected chi connectivity index (χ2v) is 8.09. The highest BCUT2D eigenvalue weighted by atomic mass is 32.1. The molecule has 2 aliphatic rings. The van der Waals surface area contributed by atoms with Gasteiger partial charge in [0.05, 0.1) is 28.8 Å². The molecule has 1 aliphatic carbocycles. The Hall–Kier alpha value is -1.08. The zero-order valence-corrected chi connectivity index (χ0v) is 14.6. The number of thiazole rings is 1. The van der Waals surface area contributed by atoms with Crippen molar-refractivity contribution in [3.63, 3.8) is 0 Å². The Kier molecular flexibility index (Phi) is 4.57. The smallest absolute Gasteiger partial charge is 0.174 e. The quantitative estimate of drug-likeness (QED) is 0.749. The highest BCUT2D eigenvalue weighted by Crippen LogP contribution is 2.41. The lowest BCUT2D eigenvalue weighted by Crippen LogP contribution is -2.45. The van der Waals surface area contributed by atoms with E-state index in [1.54, 1.807) is 11.3 Å². The van der Waals surface area contributed by atoms with Crippen LogP contribution in [0.25, 0.3) is 0 Å². The molecular weight excluding hydrogens is 328 g/mol. The molecule has 4 rings (SSSR count). The maximum atomic E-state index is 12.4. The van der Waals surface area contributed by atoms with Crippen LogP contribution in [0.5, 0.6) is 0 Å². The average molecular weight is 348 g/mol. The summed E-state index contributed by atoms with van der Waals surface area (Å²) < 4.78 is 5.61. The minimum absolute atomic E-state index is 0.157. The molecule has 3 heterocycles. The molecule has 122 valence electrons. The summed E-state index contributed by atoms with van der Waals surface area (Å²) in [6.07, 6.45) is 3.12. The second-order valence-electron chi connectivity index (χ2n) is 6.26. The Morgan fingerprint density at radius 3 is 3.09 bits per heavy atom. The normalized spacial score (nSPS) is 22.3. The largest absolute Gasteiger partial charge is 0.378 e. The molecule has 1 saturated heterocycles. The predicted molar refractivity (Wildman–Crippen MR) is 92.4 cm³/mol. The molecule has 0 aromatic carbocycles. The van der Waals surface area contributed by atoms with E-state index < -0.39 is 0 Å². The minimum atomic E-state index is 0.157. The van der Waals surface area contributed by atoms with Gasteiger partial charge >= 0.3 is 0 Å². The van der Waals surface area contributed by atoms with Crippen LogP contribution in [-0.4, -0.2) is 41.5 Å². The Morgan fingerprint density at radius 2 is 2.30 bits per heavy atom. The van der Waals surface area contributed by atoms with Crippen LogP contribution in [0.15, 0.2) is 22.9 Å². The molecule has 2 aromatic rings. The standard InChI is InChI=1S/C17H20N2O2S2/c20-15(16-2-1-7-22-16)8-14-10-21-6-5-19(14)9-13-11-23-17(18-13)12-3-4-12/h1-2,7,11-12,14H,3-6,8-10H2/t14-/m1/s1. The fraction of sp³-hybridized carbons (Fsp3) is 0.529. The van der Waals surface area contributed by atoms with E-state index in [-0.39, 0.29) is 11.8 Å². The first kappa shape index (κ1) is 15.4. The third-order valence-electron chi connectivity index (χ3n) is 4.43. The lowest BCUT2D eigenvalue weighted by Gasteiger charge is -2.34. The topological polar surface area (TPSA) is 42.4 Å². The number of carbonyl (C=O) groups excluding carboxylic acids is 1. The number of nitrogens with zero attached hydrogens (tertiary/aromatic N) is 2. The van der Waals surface area contributed by atoms with Gasteiger partial charge < -0.3 is 4.74 Å². The zero-order chi connectivity index (χ0) is 15.6. The third kappa shape index (κ3) is 3.71. The third-order valence-corrected chi connectivity index (χ3v) is 6.39. The first-order valence-electron chi connectivity index (χ1n) is 8.12. The predicted octanol–water partition coefficient (Wildman–Crippen LogP) is 3.56. The number of Topliss-reactive ketones (excluding diaryl/α,β-unsaturated/α-hetero) is 1. The monoisotopic (exact) mass is 348 g/mol. The van der Waals surface area contributed by atoms with Gasteiger partial charge in [0.2, 0.25) is 0 Å². The van der Waals surface area contributed by atoms with Gasteiger partial charge in [-0.1, -0.05) is 6.07 Å². The van der Waals surface area contributed by atoms with E-state index in [4.69, 9.17) is 9.72 Å². The molecule has 0 spiro atoms. The average Bonchev–Trinajstić information content (AvgIpc) is 3.08. The van der Waals surface area contributed by atoms with Crippen molar-refractivity contribution in [3.8, 4) is 0 Å². The van der Waals surface area contributed by atoms with Gasteiger partial charge in [-0.3, -0.25) is 9.69 Å².